The Morgan fingerprint density at radius 1 is 1.33 bits per heavy atom. The summed E-state index contributed by atoms with van der Waals surface area (Å²) in [6.07, 6.45) is 0.520. The lowest BCUT2D eigenvalue weighted by molar-refractivity contribution is -0.128. The molecule has 1 rings (SSSR count). The third-order valence-corrected chi connectivity index (χ3v) is 5.64. The van der Waals surface area contributed by atoms with Crippen molar-refractivity contribution < 1.29 is 23.1 Å². The Morgan fingerprint density at radius 3 is 2.43 bits per heavy atom. The number of hydrogen-bond donors (Lipinski definition) is 1. The Bertz CT molecular complexity index is 621. The zero-order valence-corrected chi connectivity index (χ0v) is 13.7. The molecule has 7 nitrogen and oxygen atoms in total. The molecule has 0 saturated heterocycles. The van der Waals surface area contributed by atoms with E-state index in [0.29, 0.717) is 6.42 Å². The summed E-state index contributed by atoms with van der Waals surface area (Å²) in [6.45, 7) is 1.63. The average molecular weight is 334 g/mol. The summed E-state index contributed by atoms with van der Waals surface area (Å²) < 4.78 is 26.1. The van der Waals surface area contributed by atoms with Crippen molar-refractivity contribution in [3.63, 3.8) is 0 Å². The van der Waals surface area contributed by atoms with Crippen LogP contribution in [0.3, 0.4) is 0 Å². The molecule has 0 atom stereocenters. The molecule has 1 amide bonds. The first-order valence-electron chi connectivity index (χ1n) is 6.22. The number of carbonyl (C=O) groups excluding carboxylic acids is 1. The number of carboxylic acid groups (broad SMARTS) is 1. The van der Waals surface area contributed by atoms with Crippen LogP contribution in [0.1, 0.15) is 23.0 Å². The van der Waals surface area contributed by atoms with Crippen molar-refractivity contribution >= 4 is 33.2 Å². The molecule has 0 spiro atoms. The van der Waals surface area contributed by atoms with Gasteiger partial charge in [0, 0.05) is 20.6 Å². The normalized spacial score (nSPS) is 11.6. The van der Waals surface area contributed by atoms with E-state index >= 15 is 0 Å². The second kappa shape index (κ2) is 7.01. The number of carboxylic acids is 1. The highest BCUT2D eigenvalue weighted by molar-refractivity contribution is 7.89. The van der Waals surface area contributed by atoms with Crippen molar-refractivity contribution in [2.24, 2.45) is 0 Å². The van der Waals surface area contributed by atoms with Gasteiger partial charge in [0.1, 0.15) is 9.77 Å². The molecule has 1 aromatic heterocycles. The van der Waals surface area contributed by atoms with Gasteiger partial charge in [0.15, 0.2) is 0 Å². The Labute approximate surface area is 127 Å². The van der Waals surface area contributed by atoms with Crippen molar-refractivity contribution in [1.82, 2.24) is 9.21 Å². The van der Waals surface area contributed by atoms with Crippen LogP contribution in [0, 0.1) is 0 Å². The van der Waals surface area contributed by atoms with E-state index in [1.165, 1.54) is 30.4 Å². The average Bonchev–Trinajstić information content (AvgIpc) is 2.87. The molecule has 1 heterocycles. The van der Waals surface area contributed by atoms with Crippen LogP contribution in [-0.2, 0) is 14.8 Å². The van der Waals surface area contributed by atoms with Gasteiger partial charge >= 0.3 is 5.97 Å². The molecule has 118 valence electrons. The Balaban J connectivity index is 3.19. The molecular weight excluding hydrogens is 316 g/mol. The number of likely N-dealkylation sites (N-methyl/N-ethyl adjacent to an activating group) is 1. The molecule has 9 heteroatoms. The predicted octanol–water partition coefficient (Wildman–Crippen LogP) is 0.935. The van der Waals surface area contributed by atoms with Gasteiger partial charge in [0.05, 0.1) is 6.54 Å². The quantitative estimate of drug-likeness (QED) is 0.800. The van der Waals surface area contributed by atoms with E-state index in [-0.39, 0.29) is 28.8 Å². The van der Waals surface area contributed by atoms with Gasteiger partial charge < -0.3 is 10.0 Å². The number of thiophene rings is 1. The van der Waals surface area contributed by atoms with Crippen LogP contribution in [-0.4, -0.2) is 61.8 Å². The third kappa shape index (κ3) is 4.02. The molecular formula is C12H18N2O5S2. The van der Waals surface area contributed by atoms with Crippen molar-refractivity contribution in [1.29, 1.82) is 0 Å². The first-order valence-corrected chi connectivity index (χ1v) is 8.54. The molecule has 1 N–H and O–H groups in total. The van der Waals surface area contributed by atoms with Gasteiger partial charge in [-0.2, -0.15) is 4.31 Å². The van der Waals surface area contributed by atoms with Crippen LogP contribution in [0.5, 0.6) is 0 Å². The van der Waals surface area contributed by atoms with E-state index in [0.717, 1.165) is 15.6 Å². The van der Waals surface area contributed by atoms with E-state index in [2.05, 4.69) is 0 Å². The van der Waals surface area contributed by atoms with Crippen LogP contribution in [0.2, 0.25) is 0 Å². The fourth-order valence-electron chi connectivity index (χ4n) is 1.62. The minimum atomic E-state index is -4.01. The fourth-order valence-corrected chi connectivity index (χ4v) is 4.34. The van der Waals surface area contributed by atoms with E-state index in [1.807, 2.05) is 0 Å². The molecule has 0 aliphatic carbocycles. The van der Waals surface area contributed by atoms with Gasteiger partial charge in [-0.3, -0.25) is 4.79 Å². The van der Waals surface area contributed by atoms with Crippen molar-refractivity contribution in [3.8, 4) is 0 Å². The number of aromatic carboxylic acids is 1. The van der Waals surface area contributed by atoms with E-state index in [1.54, 1.807) is 6.92 Å². The number of rotatable bonds is 7. The molecule has 0 fully saturated rings. The summed E-state index contributed by atoms with van der Waals surface area (Å²) in [6, 6.07) is 1.26. The Morgan fingerprint density at radius 2 is 1.95 bits per heavy atom. The zero-order valence-electron chi connectivity index (χ0n) is 12.1. The standard InChI is InChI=1S/C12H18N2O5S2/c1-4-6-14(8-10(15)13(2)3)21(18,19)9-5-7-20-11(9)12(16)17/h5,7H,4,6,8H2,1-3H3,(H,16,17). The summed E-state index contributed by atoms with van der Waals surface area (Å²) >= 11 is 0.844. The third-order valence-electron chi connectivity index (χ3n) is 2.72. The minimum Gasteiger partial charge on any atom is -0.477 e. The maximum atomic E-state index is 12.6. The van der Waals surface area contributed by atoms with Crippen molar-refractivity contribution in [3.05, 3.63) is 16.3 Å². The molecule has 0 bridgehead atoms. The van der Waals surface area contributed by atoms with Crippen LogP contribution < -0.4 is 0 Å². The van der Waals surface area contributed by atoms with Crippen molar-refractivity contribution in [2.45, 2.75) is 18.2 Å². The minimum absolute atomic E-state index is 0.150. The summed E-state index contributed by atoms with van der Waals surface area (Å²) in [7, 11) is -0.941. The molecule has 0 aromatic carbocycles. The summed E-state index contributed by atoms with van der Waals surface area (Å²) in [5.41, 5.74) is 0. The first kappa shape index (κ1) is 17.6. The summed E-state index contributed by atoms with van der Waals surface area (Å²) in [5.74, 6) is -1.65. The van der Waals surface area contributed by atoms with Gasteiger partial charge in [-0.25, -0.2) is 13.2 Å². The Hall–Kier alpha value is -1.45. The van der Waals surface area contributed by atoms with Crippen LogP contribution in [0.4, 0.5) is 0 Å². The largest absolute Gasteiger partial charge is 0.477 e. The fraction of sp³-hybridized carbons (Fsp3) is 0.500. The highest BCUT2D eigenvalue weighted by atomic mass is 32.2. The molecule has 0 unspecified atom stereocenters. The highest BCUT2D eigenvalue weighted by Crippen LogP contribution is 2.25. The van der Waals surface area contributed by atoms with E-state index < -0.39 is 16.0 Å². The van der Waals surface area contributed by atoms with E-state index in [9.17, 15) is 18.0 Å². The summed E-state index contributed by atoms with van der Waals surface area (Å²) in [4.78, 5) is 23.7. The summed E-state index contributed by atoms with van der Waals surface area (Å²) in [5, 5.41) is 10.5. The lowest BCUT2D eigenvalue weighted by atomic mass is 10.4. The second-order valence-corrected chi connectivity index (χ2v) is 7.37. The van der Waals surface area contributed by atoms with Crippen LogP contribution >= 0.6 is 11.3 Å². The molecule has 1 aromatic rings. The Kier molecular flexibility index (Phi) is 5.87. The van der Waals surface area contributed by atoms with Crippen LogP contribution in [0.25, 0.3) is 0 Å². The van der Waals surface area contributed by atoms with Crippen molar-refractivity contribution in [2.75, 3.05) is 27.2 Å². The predicted molar refractivity (Wildman–Crippen MR) is 79.0 cm³/mol. The zero-order chi connectivity index (χ0) is 16.2. The monoisotopic (exact) mass is 334 g/mol. The number of sulfonamides is 1. The van der Waals surface area contributed by atoms with E-state index in [4.69, 9.17) is 5.11 Å². The maximum Gasteiger partial charge on any atom is 0.347 e. The molecule has 21 heavy (non-hydrogen) atoms. The molecule has 0 saturated carbocycles. The van der Waals surface area contributed by atoms with Gasteiger partial charge in [0.2, 0.25) is 15.9 Å². The second-order valence-electron chi connectivity index (χ2n) is 4.55. The van der Waals surface area contributed by atoms with Gasteiger partial charge in [-0.05, 0) is 17.9 Å². The highest BCUT2D eigenvalue weighted by Gasteiger charge is 2.31. The first-order chi connectivity index (χ1) is 9.71. The van der Waals surface area contributed by atoms with Crippen LogP contribution in [0.15, 0.2) is 16.3 Å². The SMILES string of the molecule is CCCN(CC(=O)N(C)C)S(=O)(=O)c1ccsc1C(=O)O. The smallest absolute Gasteiger partial charge is 0.347 e. The lowest BCUT2D eigenvalue weighted by Gasteiger charge is -2.22. The molecule has 0 aliphatic rings. The molecule has 0 aliphatic heterocycles. The topological polar surface area (TPSA) is 95.0 Å². The number of carbonyl (C=O) groups is 2. The van der Waals surface area contributed by atoms with Gasteiger partial charge in [-0.15, -0.1) is 11.3 Å². The maximum absolute atomic E-state index is 12.6. The number of nitrogens with zero attached hydrogens (tertiary/aromatic N) is 2. The number of amides is 1. The van der Waals surface area contributed by atoms with Gasteiger partial charge in [-0.1, -0.05) is 6.92 Å². The lowest BCUT2D eigenvalue weighted by Crippen LogP contribution is -2.40. The number of hydrogen-bond acceptors (Lipinski definition) is 5. The molecule has 0 radical (unpaired) electrons. The van der Waals surface area contributed by atoms with Gasteiger partial charge in [0.25, 0.3) is 0 Å².